The number of benzene rings is 3. The molecule has 1 aliphatic carbocycles. The van der Waals surface area contributed by atoms with E-state index in [0.717, 1.165) is 55.8 Å². The molecule has 3 aromatic carbocycles. The summed E-state index contributed by atoms with van der Waals surface area (Å²) in [5.74, 6) is -0.0570. The van der Waals surface area contributed by atoms with Gasteiger partial charge in [0.25, 0.3) is 11.7 Å². The smallest absolute Gasteiger partial charge is 0.292 e. The monoisotopic (exact) mass is 444 g/mol. The summed E-state index contributed by atoms with van der Waals surface area (Å²) in [6, 6.07) is 21.2. The molecule has 6 nitrogen and oxygen atoms in total. The molecule has 33 heavy (non-hydrogen) atoms. The molecule has 2 aliphatic rings. The number of carbonyl (C=O) groups is 2. The minimum Gasteiger partial charge on any atom is -0.492 e. The Morgan fingerprint density at radius 2 is 1.67 bits per heavy atom. The van der Waals surface area contributed by atoms with Crippen LogP contribution in [0.5, 0.6) is 5.75 Å². The number of morpholine rings is 1. The Morgan fingerprint density at radius 3 is 2.45 bits per heavy atom. The number of ether oxygens (including phenoxy) is 2. The SMILES string of the molecule is O=C(NC1CC1c1ccccc1)C(=O)c1ccc(OCCN2CCOCC2)c2ccccc12. The van der Waals surface area contributed by atoms with Crippen LogP contribution in [0.15, 0.2) is 66.7 Å². The van der Waals surface area contributed by atoms with E-state index in [9.17, 15) is 9.59 Å². The summed E-state index contributed by atoms with van der Waals surface area (Å²) in [4.78, 5) is 28.1. The van der Waals surface area contributed by atoms with E-state index in [2.05, 4.69) is 22.3 Å². The van der Waals surface area contributed by atoms with Crippen LogP contribution in [0.3, 0.4) is 0 Å². The lowest BCUT2D eigenvalue weighted by Gasteiger charge is -2.26. The predicted molar refractivity (Wildman–Crippen MR) is 127 cm³/mol. The summed E-state index contributed by atoms with van der Waals surface area (Å²) in [6.07, 6.45) is 0.861. The molecular weight excluding hydrogens is 416 g/mol. The van der Waals surface area contributed by atoms with Crippen molar-refractivity contribution in [2.45, 2.75) is 18.4 Å². The molecule has 2 fully saturated rings. The van der Waals surface area contributed by atoms with Crippen LogP contribution < -0.4 is 10.1 Å². The van der Waals surface area contributed by atoms with E-state index in [4.69, 9.17) is 9.47 Å². The zero-order valence-corrected chi connectivity index (χ0v) is 18.5. The number of carbonyl (C=O) groups excluding carboxylic acids is 2. The lowest BCUT2D eigenvalue weighted by molar-refractivity contribution is -0.117. The molecule has 0 radical (unpaired) electrons. The molecule has 1 saturated heterocycles. The molecular formula is C27H28N2O4. The lowest BCUT2D eigenvalue weighted by Crippen LogP contribution is -2.38. The first kappa shape index (κ1) is 21.6. The zero-order chi connectivity index (χ0) is 22.6. The standard InChI is InChI=1S/C27H28N2O4/c30-26(27(31)28-24-18-23(24)19-6-2-1-3-7-19)22-10-11-25(21-9-5-4-8-20(21)22)33-17-14-29-12-15-32-16-13-29/h1-11,23-24H,12-18H2,(H,28,31). The van der Waals surface area contributed by atoms with Crippen molar-refractivity contribution < 1.29 is 19.1 Å². The van der Waals surface area contributed by atoms with E-state index in [-0.39, 0.29) is 12.0 Å². The highest BCUT2D eigenvalue weighted by Crippen LogP contribution is 2.40. The van der Waals surface area contributed by atoms with Crippen LogP contribution in [0.1, 0.15) is 28.3 Å². The second kappa shape index (κ2) is 9.73. The molecule has 6 heteroatoms. The van der Waals surface area contributed by atoms with Crippen LogP contribution in [0, 0.1) is 0 Å². The Bertz CT molecular complexity index is 1140. The molecule has 1 saturated carbocycles. The van der Waals surface area contributed by atoms with Gasteiger partial charge in [-0.15, -0.1) is 0 Å². The summed E-state index contributed by atoms with van der Waals surface area (Å²) >= 11 is 0. The van der Waals surface area contributed by atoms with Crippen LogP contribution in [0.2, 0.25) is 0 Å². The Kier molecular flexibility index (Phi) is 6.37. The number of rotatable bonds is 8. The Hall–Kier alpha value is -3.22. The van der Waals surface area contributed by atoms with E-state index in [1.54, 1.807) is 12.1 Å². The van der Waals surface area contributed by atoms with Gasteiger partial charge in [-0.25, -0.2) is 0 Å². The molecule has 0 aromatic heterocycles. The van der Waals surface area contributed by atoms with E-state index in [0.29, 0.717) is 12.2 Å². The van der Waals surface area contributed by atoms with Gasteiger partial charge >= 0.3 is 0 Å². The number of hydrogen-bond acceptors (Lipinski definition) is 5. The summed E-state index contributed by atoms with van der Waals surface area (Å²) in [7, 11) is 0. The maximum atomic E-state index is 13.0. The maximum absolute atomic E-state index is 13.0. The third-order valence-corrected chi connectivity index (χ3v) is 6.44. The van der Waals surface area contributed by atoms with Crippen LogP contribution in [0.25, 0.3) is 10.8 Å². The fourth-order valence-electron chi connectivity index (χ4n) is 4.48. The third kappa shape index (κ3) is 4.92. The van der Waals surface area contributed by atoms with Gasteiger partial charge < -0.3 is 14.8 Å². The van der Waals surface area contributed by atoms with Gasteiger partial charge in [0, 0.05) is 42.5 Å². The van der Waals surface area contributed by atoms with E-state index in [1.807, 2.05) is 42.5 Å². The first-order valence-corrected chi connectivity index (χ1v) is 11.6. The van der Waals surface area contributed by atoms with Crippen LogP contribution in [-0.2, 0) is 9.53 Å². The van der Waals surface area contributed by atoms with Crippen molar-refractivity contribution in [3.63, 3.8) is 0 Å². The number of Topliss-reactive ketones (excluding diaryl/α,β-unsaturated/α-hetero) is 1. The maximum Gasteiger partial charge on any atom is 0.292 e. The molecule has 1 amide bonds. The highest BCUT2D eigenvalue weighted by atomic mass is 16.5. The van der Waals surface area contributed by atoms with Gasteiger partial charge in [0.05, 0.1) is 13.2 Å². The van der Waals surface area contributed by atoms with Crippen molar-refractivity contribution >= 4 is 22.5 Å². The topological polar surface area (TPSA) is 67.9 Å². The highest BCUT2D eigenvalue weighted by molar-refractivity contribution is 6.45. The minimum absolute atomic E-state index is 0.0120. The van der Waals surface area contributed by atoms with Gasteiger partial charge in [0.1, 0.15) is 12.4 Å². The van der Waals surface area contributed by atoms with Crippen LogP contribution in [0.4, 0.5) is 0 Å². The van der Waals surface area contributed by atoms with Gasteiger partial charge in [-0.2, -0.15) is 0 Å². The van der Waals surface area contributed by atoms with Crippen LogP contribution >= 0.6 is 0 Å². The summed E-state index contributed by atoms with van der Waals surface area (Å²) in [6.45, 7) is 4.73. The van der Waals surface area contributed by atoms with Crippen molar-refractivity contribution in [1.82, 2.24) is 10.2 Å². The normalized spacial score (nSPS) is 20.4. The molecule has 0 spiro atoms. The number of amides is 1. The molecule has 1 N–H and O–H groups in total. The fraction of sp³-hybridized carbons (Fsp3) is 0.333. The quantitative estimate of drug-likeness (QED) is 0.426. The second-order valence-electron chi connectivity index (χ2n) is 8.62. The second-order valence-corrected chi connectivity index (χ2v) is 8.62. The van der Waals surface area contributed by atoms with E-state index < -0.39 is 11.7 Å². The molecule has 2 unspecified atom stereocenters. The van der Waals surface area contributed by atoms with E-state index in [1.165, 1.54) is 5.56 Å². The first-order chi connectivity index (χ1) is 16.2. The summed E-state index contributed by atoms with van der Waals surface area (Å²) in [5.41, 5.74) is 1.60. The summed E-state index contributed by atoms with van der Waals surface area (Å²) < 4.78 is 11.4. The molecule has 170 valence electrons. The molecule has 2 atom stereocenters. The number of hydrogen-bond donors (Lipinski definition) is 1. The van der Waals surface area contributed by atoms with Crippen molar-refractivity contribution in [3.05, 3.63) is 77.9 Å². The Morgan fingerprint density at radius 1 is 0.939 bits per heavy atom. The van der Waals surface area contributed by atoms with Crippen LogP contribution in [-0.4, -0.2) is 62.1 Å². The predicted octanol–water partition coefficient (Wildman–Crippen LogP) is 3.41. The molecule has 1 aliphatic heterocycles. The highest BCUT2D eigenvalue weighted by Gasteiger charge is 2.40. The van der Waals surface area contributed by atoms with Gasteiger partial charge in [0.2, 0.25) is 0 Å². The lowest BCUT2D eigenvalue weighted by atomic mass is 10.00. The molecule has 3 aromatic rings. The van der Waals surface area contributed by atoms with Crippen molar-refractivity contribution in [1.29, 1.82) is 0 Å². The number of ketones is 1. The van der Waals surface area contributed by atoms with Gasteiger partial charge in [0.15, 0.2) is 0 Å². The van der Waals surface area contributed by atoms with E-state index >= 15 is 0 Å². The average Bonchev–Trinajstić information content (AvgIpc) is 3.64. The van der Waals surface area contributed by atoms with Gasteiger partial charge in [-0.1, -0.05) is 54.6 Å². The van der Waals surface area contributed by atoms with Gasteiger partial charge in [-0.05, 0) is 29.5 Å². The van der Waals surface area contributed by atoms with Crippen molar-refractivity contribution in [2.75, 3.05) is 39.5 Å². The number of nitrogens with one attached hydrogen (secondary N) is 1. The molecule has 5 rings (SSSR count). The number of nitrogens with zero attached hydrogens (tertiary/aromatic N) is 1. The first-order valence-electron chi connectivity index (χ1n) is 11.6. The minimum atomic E-state index is -0.551. The Balaban J connectivity index is 1.25. The molecule has 1 heterocycles. The summed E-state index contributed by atoms with van der Waals surface area (Å²) in [5, 5.41) is 4.49. The van der Waals surface area contributed by atoms with Crippen molar-refractivity contribution in [3.8, 4) is 5.75 Å². The van der Waals surface area contributed by atoms with Crippen molar-refractivity contribution in [2.24, 2.45) is 0 Å². The third-order valence-electron chi connectivity index (χ3n) is 6.44. The fourth-order valence-corrected chi connectivity index (χ4v) is 4.48. The zero-order valence-electron chi connectivity index (χ0n) is 18.5. The average molecular weight is 445 g/mol. The van der Waals surface area contributed by atoms with Gasteiger partial charge in [-0.3, -0.25) is 14.5 Å². The Labute approximate surface area is 193 Å². The molecule has 0 bridgehead atoms. The number of fused-ring (bicyclic) bond motifs is 1. The largest absolute Gasteiger partial charge is 0.492 e.